The Kier molecular flexibility index (Phi) is 4.36. The molecule has 1 aromatic heterocycles. The molecule has 0 aliphatic carbocycles. The average molecular weight is 421 g/mol. The summed E-state index contributed by atoms with van der Waals surface area (Å²) in [4.78, 5) is 4.11. The molecule has 0 bridgehead atoms. The highest BCUT2D eigenvalue weighted by Gasteiger charge is 2.19. The summed E-state index contributed by atoms with van der Waals surface area (Å²) >= 11 is 6.50. The molecule has 0 amide bonds. The standard InChI is InChI=1S/C12H11Br2N3O2S/c1-7-4-9(14)10(15)5-11(7)20(18,19)17-12-3-2-8(13)6-16-12/h2-6H,15H2,1H3,(H,16,17). The molecule has 0 atom stereocenters. The van der Waals surface area contributed by atoms with Gasteiger partial charge in [-0.2, -0.15) is 0 Å². The second kappa shape index (κ2) is 5.71. The highest BCUT2D eigenvalue weighted by Crippen LogP contribution is 2.27. The van der Waals surface area contributed by atoms with Crippen LogP contribution in [0.3, 0.4) is 0 Å². The number of aromatic nitrogens is 1. The van der Waals surface area contributed by atoms with Crippen LogP contribution in [0, 0.1) is 6.92 Å². The molecule has 2 rings (SSSR count). The van der Waals surface area contributed by atoms with Gasteiger partial charge in [0.15, 0.2) is 0 Å². The fourth-order valence-electron chi connectivity index (χ4n) is 1.59. The molecule has 1 heterocycles. The van der Waals surface area contributed by atoms with Crippen molar-refractivity contribution in [1.82, 2.24) is 4.98 Å². The van der Waals surface area contributed by atoms with E-state index in [0.29, 0.717) is 15.7 Å². The van der Waals surface area contributed by atoms with Crippen molar-refractivity contribution in [1.29, 1.82) is 0 Å². The third kappa shape index (κ3) is 3.31. The first-order valence-electron chi connectivity index (χ1n) is 5.49. The molecule has 20 heavy (non-hydrogen) atoms. The van der Waals surface area contributed by atoms with Gasteiger partial charge in [-0.05, 0) is 68.6 Å². The summed E-state index contributed by atoms with van der Waals surface area (Å²) in [6, 6.07) is 6.35. The Labute approximate surface area is 133 Å². The first-order valence-corrected chi connectivity index (χ1v) is 8.56. The smallest absolute Gasteiger partial charge is 0.263 e. The van der Waals surface area contributed by atoms with E-state index in [1.807, 2.05) is 0 Å². The monoisotopic (exact) mass is 419 g/mol. The van der Waals surface area contributed by atoms with Crippen LogP contribution in [0.4, 0.5) is 11.5 Å². The Balaban J connectivity index is 2.40. The Morgan fingerprint density at radius 2 is 1.95 bits per heavy atom. The van der Waals surface area contributed by atoms with E-state index in [1.54, 1.807) is 25.1 Å². The molecule has 0 fully saturated rings. The van der Waals surface area contributed by atoms with Gasteiger partial charge in [0.05, 0.1) is 4.90 Å². The van der Waals surface area contributed by atoms with Crippen LogP contribution in [0.25, 0.3) is 0 Å². The maximum Gasteiger partial charge on any atom is 0.263 e. The van der Waals surface area contributed by atoms with E-state index in [2.05, 4.69) is 41.6 Å². The lowest BCUT2D eigenvalue weighted by molar-refractivity contribution is 0.600. The number of benzene rings is 1. The van der Waals surface area contributed by atoms with Gasteiger partial charge in [0.2, 0.25) is 0 Å². The van der Waals surface area contributed by atoms with Crippen molar-refractivity contribution in [3.8, 4) is 0 Å². The molecule has 0 unspecified atom stereocenters. The summed E-state index contributed by atoms with van der Waals surface area (Å²) in [5.41, 5.74) is 6.69. The number of hydrogen-bond donors (Lipinski definition) is 2. The number of nitrogens with two attached hydrogens (primary N) is 1. The van der Waals surface area contributed by atoms with Crippen LogP contribution in [0.1, 0.15) is 5.56 Å². The number of aryl methyl sites for hydroxylation is 1. The van der Waals surface area contributed by atoms with Gasteiger partial charge < -0.3 is 5.73 Å². The number of rotatable bonds is 3. The Bertz CT molecular complexity index is 746. The summed E-state index contributed by atoms with van der Waals surface area (Å²) in [6.45, 7) is 1.70. The van der Waals surface area contributed by atoms with Gasteiger partial charge in [0, 0.05) is 20.8 Å². The van der Waals surface area contributed by atoms with Gasteiger partial charge in [0.1, 0.15) is 5.82 Å². The minimum Gasteiger partial charge on any atom is -0.398 e. The van der Waals surface area contributed by atoms with Crippen molar-refractivity contribution in [2.45, 2.75) is 11.8 Å². The molecule has 106 valence electrons. The largest absolute Gasteiger partial charge is 0.398 e. The van der Waals surface area contributed by atoms with Gasteiger partial charge >= 0.3 is 0 Å². The summed E-state index contributed by atoms with van der Waals surface area (Å²) in [6.07, 6.45) is 1.51. The lowest BCUT2D eigenvalue weighted by Gasteiger charge is -2.11. The number of pyridine rings is 1. The van der Waals surface area contributed by atoms with Crippen molar-refractivity contribution in [3.63, 3.8) is 0 Å². The van der Waals surface area contributed by atoms with Crippen molar-refractivity contribution in [3.05, 3.63) is 45.0 Å². The van der Waals surface area contributed by atoms with Crippen LogP contribution >= 0.6 is 31.9 Å². The van der Waals surface area contributed by atoms with E-state index in [9.17, 15) is 8.42 Å². The second-order valence-electron chi connectivity index (χ2n) is 4.11. The normalized spacial score (nSPS) is 11.3. The molecular weight excluding hydrogens is 410 g/mol. The van der Waals surface area contributed by atoms with E-state index in [4.69, 9.17) is 5.73 Å². The minimum atomic E-state index is -3.72. The number of sulfonamides is 1. The first-order chi connectivity index (χ1) is 9.29. The van der Waals surface area contributed by atoms with Gasteiger partial charge in [0.25, 0.3) is 10.0 Å². The summed E-state index contributed by atoms with van der Waals surface area (Å²) in [7, 11) is -3.72. The molecule has 1 aromatic carbocycles. The van der Waals surface area contributed by atoms with Gasteiger partial charge in [-0.1, -0.05) is 0 Å². The summed E-state index contributed by atoms with van der Waals surface area (Å²) in [5, 5.41) is 0. The molecule has 0 aliphatic rings. The van der Waals surface area contributed by atoms with E-state index in [0.717, 1.165) is 4.47 Å². The zero-order chi connectivity index (χ0) is 14.9. The average Bonchev–Trinajstić information content (AvgIpc) is 2.36. The molecule has 2 aromatic rings. The van der Waals surface area contributed by atoms with Gasteiger partial charge in [-0.25, -0.2) is 13.4 Å². The van der Waals surface area contributed by atoms with Crippen LogP contribution in [-0.2, 0) is 10.0 Å². The topological polar surface area (TPSA) is 85.1 Å². The van der Waals surface area contributed by atoms with Crippen molar-refractivity contribution in [2.24, 2.45) is 0 Å². The third-order valence-corrected chi connectivity index (χ3v) is 5.20. The zero-order valence-electron chi connectivity index (χ0n) is 10.4. The molecule has 8 heteroatoms. The quantitative estimate of drug-likeness (QED) is 0.746. The number of nitrogen functional groups attached to an aromatic ring is 1. The molecule has 0 aliphatic heterocycles. The first kappa shape index (κ1) is 15.3. The minimum absolute atomic E-state index is 0.128. The van der Waals surface area contributed by atoms with Gasteiger partial charge in [-0.3, -0.25) is 4.72 Å². The summed E-state index contributed by atoms with van der Waals surface area (Å²) < 4.78 is 28.5. The predicted molar refractivity (Wildman–Crippen MR) is 86.0 cm³/mol. The SMILES string of the molecule is Cc1cc(Br)c(N)cc1S(=O)(=O)Nc1ccc(Br)cn1. The number of nitrogens with zero attached hydrogens (tertiary/aromatic N) is 1. The Morgan fingerprint density at radius 3 is 2.55 bits per heavy atom. The molecule has 3 N–H and O–H groups in total. The maximum absolute atomic E-state index is 12.3. The second-order valence-corrected chi connectivity index (χ2v) is 7.53. The molecule has 0 saturated carbocycles. The highest BCUT2D eigenvalue weighted by atomic mass is 79.9. The molecular formula is C12H11Br2N3O2S. The van der Waals surface area contributed by atoms with Crippen LogP contribution < -0.4 is 10.5 Å². The zero-order valence-corrected chi connectivity index (χ0v) is 14.4. The number of hydrogen-bond acceptors (Lipinski definition) is 4. The Morgan fingerprint density at radius 1 is 1.25 bits per heavy atom. The van der Waals surface area contributed by atoms with E-state index < -0.39 is 10.0 Å². The van der Waals surface area contributed by atoms with Crippen LogP contribution in [0.5, 0.6) is 0 Å². The van der Waals surface area contributed by atoms with Crippen molar-refractivity contribution in [2.75, 3.05) is 10.5 Å². The maximum atomic E-state index is 12.3. The number of halogens is 2. The predicted octanol–water partition coefficient (Wildman–Crippen LogP) is 3.30. The van der Waals surface area contributed by atoms with Gasteiger partial charge in [-0.15, -0.1) is 0 Å². The lowest BCUT2D eigenvalue weighted by Crippen LogP contribution is -2.15. The Hall–Kier alpha value is -1.12. The molecule has 5 nitrogen and oxygen atoms in total. The third-order valence-electron chi connectivity index (χ3n) is 2.55. The number of nitrogens with one attached hydrogen (secondary N) is 1. The van der Waals surface area contributed by atoms with Crippen LogP contribution in [0.15, 0.2) is 44.3 Å². The molecule has 0 radical (unpaired) electrons. The van der Waals surface area contributed by atoms with Crippen molar-refractivity contribution < 1.29 is 8.42 Å². The van der Waals surface area contributed by atoms with E-state index in [-0.39, 0.29) is 10.7 Å². The van der Waals surface area contributed by atoms with Crippen molar-refractivity contribution >= 4 is 53.4 Å². The molecule has 0 spiro atoms. The van der Waals surface area contributed by atoms with E-state index in [1.165, 1.54) is 12.3 Å². The number of anilines is 2. The molecule has 0 saturated heterocycles. The lowest BCUT2D eigenvalue weighted by atomic mass is 10.2. The van der Waals surface area contributed by atoms with Crippen LogP contribution in [0.2, 0.25) is 0 Å². The fraction of sp³-hybridized carbons (Fsp3) is 0.0833. The highest BCUT2D eigenvalue weighted by molar-refractivity contribution is 9.10. The van der Waals surface area contributed by atoms with Crippen LogP contribution in [-0.4, -0.2) is 13.4 Å². The fourth-order valence-corrected chi connectivity index (χ4v) is 3.55. The van der Waals surface area contributed by atoms with E-state index >= 15 is 0 Å². The summed E-state index contributed by atoms with van der Waals surface area (Å²) in [5.74, 6) is 0.245.